The van der Waals surface area contributed by atoms with E-state index in [1.165, 1.54) is 4.31 Å². The number of piperazine rings is 1. The maximum atomic E-state index is 13.7. The molecule has 0 radical (unpaired) electrons. The Bertz CT molecular complexity index is 1260. The first-order chi connectivity index (χ1) is 16.5. The Labute approximate surface area is 201 Å². The molecule has 188 valence electrons. The van der Waals surface area contributed by atoms with Crippen LogP contribution in [0, 0.1) is 17.5 Å². The summed E-state index contributed by atoms with van der Waals surface area (Å²) in [6.07, 6.45) is 2.45. The molecule has 0 spiro atoms. The summed E-state index contributed by atoms with van der Waals surface area (Å²) in [4.78, 5) is 12.1. The van der Waals surface area contributed by atoms with Crippen LogP contribution in [0.1, 0.15) is 24.0 Å². The van der Waals surface area contributed by atoms with Gasteiger partial charge in [-0.2, -0.15) is 8.70 Å². The number of carboxylic acid groups (broad SMARTS) is 1. The molecule has 2 N–H and O–H groups in total. The summed E-state index contributed by atoms with van der Waals surface area (Å²) in [5, 5.41) is 13.1. The summed E-state index contributed by atoms with van der Waals surface area (Å²) in [6, 6.07) is 8.01. The third kappa shape index (κ3) is 5.52. The average Bonchev–Trinajstić information content (AvgIpc) is 2.80. The number of halogens is 3. The lowest BCUT2D eigenvalue weighted by Crippen LogP contribution is -2.61. The van der Waals surface area contributed by atoms with Crippen molar-refractivity contribution in [3.8, 4) is 5.75 Å². The third-order valence-electron chi connectivity index (χ3n) is 6.23. The van der Waals surface area contributed by atoms with Gasteiger partial charge in [-0.15, -0.1) is 0 Å². The highest BCUT2D eigenvalue weighted by atomic mass is 32.2. The second-order valence-corrected chi connectivity index (χ2v) is 10.7. The molecule has 11 heteroatoms. The Morgan fingerprint density at radius 1 is 1.11 bits per heavy atom. The quantitative estimate of drug-likeness (QED) is 0.419. The Morgan fingerprint density at radius 2 is 1.80 bits per heavy atom. The standard InChI is InChI=1S/C24H25F3N2O5S/c1-35(32,33)29-12-16-11-17(21(24(30)31)20(13-29)28-16)15-6-4-14(5-7-15)3-2-10-34-23-19(26)9-8-18(25)22(23)27/h4-9,16,20,28H,2-3,10-13H2,1H3,(H,30,31)/t16-,20-/m1/s1. The lowest BCUT2D eigenvalue weighted by Gasteiger charge is -2.42. The predicted octanol–water partition coefficient (Wildman–Crippen LogP) is 2.96. The zero-order valence-corrected chi connectivity index (χ0v) is 19.7. The number of carboxylic acids is 1. The van der Waals surface area contributed by atoms with Crippen LogP contribution in [0.25, 0.3) is 5.57 Å². The van der Waals surface area contributed by atoms with Crippen molar-refractivity contribution in [2.75, 3.05) is 26.0 Å². The molecule has 35 heavy (non-hydrogen) atoms. The number of aliphatic carboxylic acids is 1. The molecule has 0 aromatic heterocycles. The maximum Gasteiger partial charge on any atom is 0.333 e. The van der Waals surface area contributed by atoms with Crippen LogP contribution in [-0.2, 0) is 21.2 Å². The number of nitrogens with zero attached hydrogens (tertiary/aromatic N) is 1. The largest absolute Gasteiger partial charge is 0.488 e. The van der Waals surface area contributed by atoms with E-state index in [1.54, 1.807) is 0 Å². The summed E-state index contributed by atoms with van der Waals surface area (Å²) in [5.74, 6) is -5.34. The molecule has 2 aliphatic heterocycles. The number of ether oxygens (including phenoxy) is 1. The van der Waals surface area contributed by atoms with Gasteiger partial charge in [0.25, 0.3) is 0 Å². The SMILES string of the molecule is CS(=O)(=O)N1C[C@H]2CC(c3ccc(CCCOc4c(F)ccc(F)c4F)cc3)=C(C(=O)O)[C@@H](C1)N2. The van der Waals surface area contributed by atoms with Crippen LogP contribution in [0.4, 0.5) is 13.2 Å². The molecule has 0 unspecified atom stereocenters. The second-order valence-electron chi connectivity index (χ2n) is 8.72. The number of rotatable bonds is 8. The van der Waals surface area contributed by atoms with Gasteiger partial charge in [-0.05, 0) is 48.1 Å². The molecule has 2 aromatic rings. The van der Waals surface area contributed by atoms with Crippen LogP contribution in [0.5, 0.6) is 5.75 Å². The molecule has 7 nitrogen and oxygen atoms in total. The molecule has 2 heterocycles. The van der Waals surface area contributed by atoms with Gasteiger partial charge in [-0.25, -0.2) is 22.0 Å². The smallest absolute Gasteiger partial charge is 0.333 e. The molecule has 4 rings (SSSR count). The molecule has 0 aliphatic carbocycles. The lowest BCUT2D eigenvalue weighted by atomic mass is 9.84. The number of nitrogens with one attached hydrogen (secondary N) is 1. The highest BCUT2D eigenvalue weighted by Gasteiger charge is 2.40. The van der Waals surface area contributed by atoms with Crippen LogP contribution in [0.15, 0.2) is 42.0 Å². The molecule has 1 fully saturated rings. The van der Waals surface area contributed by atoms with Crippen molar-refractivity contribution in [3.05, 3.63) is 70.5 Å². The molecular weight excluding hydrogens is 485 g/mol. The van der Waals surface area contributed by atoms with Crippen LogP contribution in [0.3, 0.4) is 0 Å². The molecule has 1 saturated heterocycles. The predicted molar refractivity (Wildman–Crippen MR) is 123 cm³/mol. The zero-order chi connectivity index (χ0) is 25.3. The molecule has 2 bridgehead atoms. The number of fused-ring (bicyclic) bond motifs is 2. The maximum absolute atomic E-state index is 13.7. The Hall–Kier alpha value is -2.89. The molecule has 0 amide bonds. The van der Waals surface area contributed by atoms with Crippen molar-refractivity contribution in [2.45, 2.75) is 31.3 Å². The minimum atomic E-state index is -3.43. The van der Waals surface area contributed by atoms with E-state index in [9.17, 15) is 31.5 Å². The molecule has 2 atom stereocenters. The van der Waals surface area contributed by atoms with E-state index in [0.717, 1.165) is 23.4 Å². The van der Waals surface area contributed by atoms with E-state index in [-0.39, 0.29) is 31.3 Å². The van der Waals surface area contributed by atoms with E-state index in [4.69, 9.17) is 4.74 Å². The summed E-state index contributed by atoms with van der Waals surface area (Å²) in [7, 11) is -3.43. The van der Waals surface area contributed by atoms with Gasteiger partial charge in [0.1, 0.15) is 0 Å². The van der Waals surface area contributed by atoms with Crippen LogP contribution in [-0.4, -0.2) is 61.8 Å². The summed E-state index contributed by atoms with van der Waals surface area (Å²) >= 11 is 0. The fourth-order valence-electron chi connectivity index (χ4n) is 4.56. The van der Waals surface area contributed by atoms with Gasteiger partial charge < -0.3 is 15.2 Å². The topological polar surface area (TPSA) is 95.9 Å². The van der Waals surface area contributed by atoms with E-state index in [0.29, 0.717) is 30.9 Å². The van der Waals surface area contributed by atoms with Crippen molar-refractivity contribution >= 4 is 21.6 Å². The number of benzene rings is 2. The van der Waals surface area contributed by atoms with Gasteiger partial charge in [0.2, 0.25) is 15.8 Å². The van der Waals surface area contributed by atoms with Gasteiger partial charge in [0.05, 0.1) is 24.5 Å². The lowest BCUT2D eigenvalue weighted by molar-refractivity contribution is -0.133. The van der Waals surface area contributed by atoms with Crippen molar-refractivity contribution in [1.29, 1.82) is 0 Å². The van der Waals surface area contributed by atoms with Crippen molar-refractivity contribution < 1.29 is 36.2 Å². The molecule has 2 aromatic carbocycles. The first-order valence-corrected chi connectivity index (χ1v) is 12.9. The van der Waals surface area contributed by atoms with E-state index >= 15 is 0 Å². The van der Waals surface area contributed by atoms with Gasteiger partial charge in [-0.1, -0.05) is 24.3 Å². The Morgan fingerprint density at radius 3 is 2.46 bits per heavy atom. The van der Waals surface area contributed by atoms with Crippen LogP contribution >= 0.6 is 0 Å². The van der Waals surface area contributed by atoms with Crippen molar-refractivity contribution in [2.24, 2.45) is 0 Å². The van der Waals surface area contributed by atoms with Gasteiger partial charge in [0, 0.05) is 19.1 Å². The second kappa shape index (κ2) is 10.00. The van der Waals surface area contributed by atoms with E-state index < -0.39 is 45.2 Å². The monoisotopic (exact) mass is 510 g/mol. The highest BCUT2D eigenvalue weighted by molar-refractivity contribution is 7.88. The zero-order valence-electron chi connectivity index (χ0n) is 18.9. The van der Waals surface area contributed by atoms with E-state index in [2.05, 4.69) is 5.32 Å². The average molecular weight is 511 g/mol. The normalized spacial score (nSPS) is 20.7. The summed E-state index contributed by atoms with van der Waals surface area (Å²) < 4.78 is 70.9. The van der Waals surface area contributed by atoms with Gasteiger partial charge in [-0.3, -0.25) is 0 Å². The summed E-state index contributed by atoms with van der Waals surface area (Å²) in [5.41, 5.74) is 2.49. The number of hydrogen-bond acceptors (Lipinski definition) is 5. The third-order valence-corrected chi connectivity index (χ3v) is 7.47. The first-order valence-electron chi connectivity index (χ1n) is 11.1. The highest BCUT2D eigenvalue weighted by Crippen LogP contribution is 2.34. The van der Waals surface area contributed by atoms with Crippen molar-refractivity contribution in [1.82, 2.24) is 9.62 Å². The Kier molecular flexibility index (Phi) is 7.20. The molecule has 2 aliphatic rings. The fourth-order valence-corrected chi connectivity index (χ4v) is 5.44. The number of sulfonamides is 1. The number of aryl methyl sites for hydroxylation is 1. The number of hydrogen-bond donors (Lipinski definition) is 2. The molecular formula is C24H25F3N2O5S. The number of carbonyl (C=O) groups is 1. The molecule has 0 saturated carbocycles. The van der Waals surface area contributed by atoms with Crippen LogP contribution in [0.2, 0.25) is 0 Å². The van der Waals surface area contributed by atoms with E-state index in [1.807, 2.05) is 24.3 Å². The minimum absolute atomic E-state index is 0.0147. The van der Waals surface area contributed by atoms with Crippen molar-refractivity contribution in [3.63, 3.8) is 0 Å². The summed E-state index contributed by atoms with van der Waals surface area (Å²) in [6.45, 7) is 0.320. The van der Waals surface area contributed by atoms with Gasteiger partial charge in [0.15, 0.2) is 17.4 Å². The first kappa shape index (κ1) is 25.2. The fraction of sp³-hybridized carbons (Fsp3) is 0.375. The van der Waals surface area contributed by atoms with Gasteiger partial charge >= 0.3 is 5.97 Å². The Balaban J connectivity index is 1.43. The van der Waals surface area contributed by atoms with Crippen LogP contribution < -0.4 is 10.1 Å². The minimum Gasteiger partial charge on any atom is -0.488 e.